The van der Waals surface area contributed by atoms with Gasteiger partial charge < -0.3 is 5.32 Å². The molecular formula is C19H21N5O4S. The van der Waals surface area contributed by atoms with Gasteiger partial charge in [-0.3, -0.25) is 9.20 Å². The zero-order valence-corrected chi connectivity index (χ0v) is 16.4. The van der Waals surface area contributed by atoms with Gasteiger partial charge in [-0.05, 0) is 55.7 Å². The molecule has 3 aromatic rings. The molecule has 0 radical (unpaired) electrons. The van der Waals surface area contributed by atoms with Gasteiger partial charge in [0.25, 0.3) is 5.91 Å². The van der Waals surface area contributed by atoms with Gasteiger partial charge in [0.15, 0.2) is 5.65 Å². The van der Waals surface area contributed by atoms with E-state index in [1.807, 2.05) is 6.07 Å². The van der Waals surface area contributed by atoms with Crippen molar-refractivity contribution in [2.75, 3.05) is 6.54 Å². The Labute approximate surface area is 167 Å². The number of hydrogen-bond donors (Lipinski definition) is 2. The molecule has 0 bridgehead atoms. The first-order valence-corrected chi connectivity index (χ1v) is 10.9. The van der Waals surface area contributed by atoms with Crippen molar-refractivity contribution in [3.63, 3.8) is 0 Å². The van der Waals surface area contributed by atoms with Crippen molar-refractivity contribution >= 4 is 21.6 Å². The van der Waals surface area contributed by atoms with E-state index in [-0.39, 0.29) is 22.5 Å². The van der Waals surface area contributed by atoms with Crippen LogP contribution in [-0.2, 0) is 16.6 Å². The summed E-state index contributed by atoms with van der Waals surface area (Å²) in [7, 11) is -3.53. The van der Waals surface area contributed by atoms with Crippen molar-refractivity contribution in [1.29, 1.82) is 0 Å². The summed E-state index contributed by atoms with van der Waals surface area (Å²) in [6.07, 6.45) is 3.92. The number of sulfonamides is 1. The summed E-state index contributed by atoms with van der Waals surface area (Å²) in [5.74, 6) is -0.300. The van der Waals surface area contributed by atoms with Crippen LogP contribution < -0.4 is 15.7 Å². The molecule has 1 fully saturated rings. The average molecular weight is 415 g/mol. The van der Waals surface area contributed by atoms with E-state index in [4.69, 9.17) is 0 Å². The van der Waals surface area contributed by atoms with Crippen LogP contribution in [0, 0.1) is 0 Å². The van der Waals surface area contributed by atoms with Crippen LogP contribution >= 0.6 is 0 Å². The molecular weight excluding hydrogens is 394 g/mol. The van der Waals surface area contributed by atoms with Gasteiger partial charge in [-0.25, -0.2) is 22.6 Å². The number of carbonyl (C=O) groups excluding carboxylic acids is 1. The average Bonchev–Trinajstić information content (AvgIpc) is 3.47. The first kappa shape index (κ1) is 19.3. The molecule has 10 heteroatoms. The predicted octanol–water partition coefficient (Wildman–Crippen LogP) is 0.757. The summed E-state index contributed by atoms with van der Waals surface area (Å²) in [6.45, 7) is 0.743. The number of rotatable bonds is 8. The fourth-order valence-corrected chi connectivity index (χ4v) is 4.23. The lowest BCUT2D eigenvalue weighted by Crippen LogP contribution is -2.28. The highest BCUT2D eigenvalue weighted by atomic mass is 32.2. The molecule has 152 valence electrons. The maximum atomic E-state index is 12.2. The van der Waals surface area contributed by atoms with E-state index in [0.29, 0.717) is 30.7 Å². The zero-order valence-electron chi connectivity index (χ0n) is 15.6. The Bertz CT molecular complexity index is 1190. The molecule has 2 N–H and O–H groups in total. The quantitative estimate of drug-likeness (QED) is 0.527. The Hall–Kier alpha value is -2.98. The number of aryl methyl sites for hydroxylation is 1. The Morgan fingerprint density at radius 2 is 1.90 bits per heavy atom. The molecule has 0 atom stereocenters. The van der Waals surface area contributed by atoms with E-state index in [9.17, 15) is 18.0 Å². The highest BCUT2D eigenvalue weighted by Crippen LogP contribution is 2.22. The molecule has 1 saturated carbocycles. The lowest BCUT2D eigenvalue weighted by molar-refractivity contribution is 0.0952. The number of hydrogen-bond acceptors (Lipinski definition) is 5. The van der Waals surface area contributed by atoms with Gasteiger partial charge in [0.1, 0.15) is 0 Å². The van der Waals surface area contributed by atoms with Crippen LogP contribution in [0.2, 0.25) is 0 Å². The predicted molar refractivity (Wildman–Crippen MR) is 106 cm³/mol. The number of benzene rings is 1. The van der Waals surface area contributed by atoms with Gasteiger partial charge in [-0.1, -0.05) is 6.07 Å². The van der Waals surface area contributed by atoms with Gasteiger partial charge in [-0.2, -0.15) is 0 Å². The van der Waals surface area contributed by atoms with E-state index in [0.717, 1.165) is 12.8 Å². The van der Waals surface area contributed by atoms with Crippen molar-refractivity contribution < 1.29 is 13.2 Å². The molecule has 29 heavy (non-hydrogen) atoms. The van der Waals surface area contributed by atoms with Crippen molar-refractivity contribution in [1.82, 2.24) is 24.2 Å². The van der Waals surface area contributed by atoms with Crippen LogP contribution in [0.25, 0.3) is 5.65 Å². The topological polar surface area (TPSA) is 115 Å². The Morgan fingerprint density at radius 3 is 2.59 bits per heavy atom. The summed E-state index contributed by atoms with van der Waals surface area (Å²) < 4.78 is 29.7. The van der Waals surface area contributed by atoms with Crippen LogP contribution in [0.4, 0.5) is 0 Å². The maximum absolute atomic E-state index is 12.2. The van der Waals surface area contributed by atoms with Crippen molar-refractivity contribution in [3.05, 3.63) is 64.7 Å². The molecule has 1 aliphatic rings. The number of amides is 1. The standard InChI is InChI=1S/C19H21N5O4S/c25-18(14-5-9-16(10-6-14)29(27,28)22-15-7-8-15)20-11-3-13-24-19(26)23-12-2-1-4-17(23)21-24/h1-2,4-6,9-10,12,15,22H,3,7-8,11,13H2,(H,20,25). The van der Waals surface area contributed by atoms with Crippen LogP contribution in [0.1, 0.15) is 29.6 Å². The number of nitrogens with zero attached hydrogens (tertiary/aromatic N) is 3. The van der Waals surface area contributed by atoms with Crippen LogP contribution in [-0.4, -0.2) is 41.1 Å². The number of carbonyl (C=O) groups is 1. The van der Waals surface area contributed by atoms with E-state index in [2.05, 4.69) is 15.1 Å². The second-order valence-corrected chi connectivity index (χ2v) is 8.68. The molecule has 0 aliphatic heterocycles. The molecule has 0 unspecified atom stereocenters. The van der Waals surface area contributed by atoms with Crippen molar-refractivity contribution in [3.8, 4) is 0 Å². The largest absolute Gasteiger partial charge is 0.352 e. The summed E-state index contributed by atoms with van der Waals surface area (Å²) in [5, 5.41) is 7.01. The highest BCUT2D eigenvalue weighted by molar-refractivity contribution is 7.89. The fourth-order valence-electron chi connectivity index (χ4n) is 2.92. The van der Waals surface area contributed by atoms with Gasteiger partial charge >= 0.3 is 5.69 Å². The lowest BCUT2D eigenvalue weighted by atomic mass is 10.2. The summed E-state index contributed by atoms with van der Waals surface area (Å²) in [5.41, 5.74) is 0.733. The van der Waals surface area contributed by atoms with Crippen molar-refractivity contribution in [2.45, 2.75) is 36.7 Å². The van der Waals surface area contributed by atoms with E-state index < -0.39 is 10.0 Å². The van der Waals surface area contributed by atoms with Crippen molar-refractivity contribution in [2.24, 2.45) is 0 Å². The van der Waals surface area contributed by atoms with Gasteiger partial charge in [-0.15, -0.1) is 5.10 Å². The number of nitrogens with one attached hydrogen (secondary N) is 2. The maximum Gasteiger partial charge on any atom is 0.350 e. The first-order chi connectivity index (χ1) is 13.9. The molecule has 0 saturated heterocycles. The second kappa shape index (κ2) is 7.80. The van der Waals surface area contributed by atoms with Crippen LogP contribution in [0.3, 0.4) is 0 Å². The fraction of sp³-hybridized carbons (Fsp3) is 0.316. The Morgan fingerprint density at radius 1 is 1.14 bits per heavy atom. The van der Waals surface area contributed by atoms with E-state index >= 15 is 0 Å². The van der Waals surface area contributed by atoms with Gasteiger partial charge in [0, 0.05) is 30.9 Å². The minimum absolute atomic E-state index is 0.0309. The third-order valence-electron chi connectivity index (χ3n) is 4.65. The normalized spacial score (nSPS) is 14.2. The van der Waals surface area contributed by atoms with E-state index in [1.54, 1.807) is 18.3 Å². The third-order valence-corrected chi connectivity index (χ3v) is 6.18. The monoisotopic (exact) mass is 415 g/mol. The van der Waals surface area contributed by atoms with Crippen LogP contribution in [0.5, 0.6) is 0 Å². The molecule has 1 amide bonds. The minimum atomic E-state index is -3.53. The van der Waals surface area contributed by atoms with Gasteiger partial charge in [0.05, 0.1) is 4.90 Å². The summed E-state index contributed by atoms with van der Waals surface area (Å²) in [6, 6.07) is 11.2. The second-order valence-electron chi connectivity index (χ2n) is 6.96. The lowest BCUT2D eigenvalue weighted by Gasteiger charge is -2.07. The first-order valence-electron chi connectivity index (χ1n) is 9.39. The molecule has 9 nitrogen and oxygen atoms in total. The zero-order chi connectivity index (χ0) is 20.4. The molecule has 0 spiro atoms. The number of fused-ring (bicyclic) bond motifs is 1. The Kier molecular flexibility index (Phi) is 5.20. The third kappa shape index (κ3) is 4.38. The smallest absolute Gasteiger partial charge is 0.350 e. The number of aromatic nitrogens is 3. The SMILES string of the molecule is O=C(NCCCn1nc2ccccn2c1=O)c1ccc(S(=O)(=O)NC2CC2)cc1. The minimum Gasteiger partial charge on any atom is -0.352 e. The Balaban J connectivity index is 1.30. The molecule has 4 rings (SSSR count). The summed E-state index contributed by atoms with van der Waals surface area (Å²) in [4.78, 5) is 24.6. The summed E-state index contributed by atoms with van der Waals surface area (Å²) >= 11 is 0. The molecule has 2 aromatic heterocycles. The molecule has 1 aliphatic carbocycles. The number of pyridine rings is 1. The highest BCUT2D eigenvalue weighted by Gasteiger charge is 2.27. The van der Waals surface area contributed by atoms with Gasteiger partial charge in [0.2, 0.25) is 10.0 Å². The van der Waals surface area contributed by atoms with E-state index in [1.165, 1.54) is 33.3 Å². The van der Waals surface area contributed by atoms with Crippen LogP contribution in [0.15, 0.2) is 58.4 Å². The molecule has 2 heterocycles. The molecule has 1 aromatic carbocycles.